The van der Waals surface area contributed by atoms with Crippen molar-refractivity contribution in [2.24, 2.45) is 17.2 Å². The largest absolute Gasteiger partial charge is 0.391 e. The molecule has 0 aliphatic heterocycles. The molecular weight excluding hydrogens is 242 g/mol. The monoisotopic (exact) mass is 263 g/mol. The summed E-state index contributed by atoms with van der Waals surface area (Å²) in [6.45, 7) is 0.447. The molecule has 0 amide bonds. The first-order chi connectivity index (χ1) is 8.02. The fourth-order valence-corrected chi connectivity index (χ4v) is 1.56. The number of hydrogen-bond acceptors (Lipinski definition) is 7. The molecule has 0 aliphatic carbocycles. The summed E-state index contributed by atoms with van der Waals surface area (Å²) < 4.78 is 4.59. The molecule has 100 valence electrons. The predicted molar refractivity (Wildman–Crippen MR) is 68.3 cm³/mol. The molecule has 0 aromatic heterocycles. The number of nitrogens with two attached hydrogens (primary N) is 3. The lowest BCUT2D eigenvalue weighted by Crippen LogP contribution is -2.40. The van der Waals surface area contributed by atoms with E-state index in [2.05, 4.69) is 4.74 Å². The number of rotatable bonds is 8. The highest BCUT2D eigenvalue weighted by Gasteiger charge is 2.22. The van der Waals surface area contributed by atoms with E-state index in [9.17, 15) is 9.59 Å². The maximum atomic E-state index is 11.4. The van der Waals surface area contributed by atoms with Crippen molar-refractivity contribution >= 4 is 23.7 Å². The van der Waals surface area contributed by atoms with Gasteiger partial charge in [0.2, 0.25) is 0 Å². The van der Waals surface area contributed by atoms with E-state index in [1.165, 1.54) is 0 Å². The second-order valence-corrected chi connectivity index (χ2v) is 4.65. The highest BCUT2D eigenvalue weighted by Crippen LogP contribution is 2.02. The molecule has 0 unspecified atom stereocenters. The van der Waals surface area contributed by atoms with Crippen LogP contribution in [0.15, 0.2) is 0 Å². The van der Waals surface area contributed by atoms with Crippen molar-refractivity contribution in [3.05, 3.63) is 0 Å². The first kappa shape index (κ1) is 16.4. The average Bonchev–Trinajstić information content (AvgIpc) is 2.32. The molecule has 17 heavy (non-hydrogen) atoms. The zero-order chi connectivity index (χ0) is 13.3. The standard InChI is InChI=1S/C10H21N3O3S/c1-17-6-4-8(13)10(15)16-9(14)7(12)3-2-5-11/h7-8H,2-6,11-13H2,1H3/t7-,8+/m1/s1. The minimum absolute atomic E-state index is 0.405. The highest BCUT2D eigenvalue weighted by molar-refractivity contribution is 7.98. The van der Waals surface area contributed by atoms with Gasteiger partial charge >= 0.3 is 11.9 Å². The van der Waals surface area contributed by atoms with Crippen LogP contribution in [0, 0.1) is 0 Å². The normalized spacial score (nSPS) is 14.1. The van der Waals surface area contributed by atoms with E-state index in [4.69, 9.17) is 17.2 Å². The molecule has 0 saturated carbocycles. The maximum Gasteiger partial charge on any atom is 0.330 e. The van der Waals surface area contributed by atoms with Crippen LogP contribution in [0.25, 0.3) is 0 Å². The lowest BCUT2D eigenvalue weighted by Gasteiger charge is -2.12. The van der Waals surface area contributed by atoms with Gasteiger partial charge in [-0.1, -0.05) is 0 Å². The van der Waals surface area contributed by atoms with Crippen LogP contribution in [0.3, 0.4) is 0 Å². The molecule has 2 atom stereocenters. The lowest BCUT2D eigenvalue weighted by atomic mass is 10.2. The van der Waals surface area contributed by atoms with E-state index < -0.39 is 24.0 Å². The molecule has 0 saturated heterocycles. The topological polar surface area (TPSA) is 121 Å². The Hall–Kier alpha value is -0.630. The summed E-state index contributed by atoms with van der Waals surface area (Å²) in [5.41, 5.74) is 16.4. The van der Waals surface area contributed by atoms with Crippen molar-refractivity contribution in [3.8, 4) is 0 Å². The van der Waals surface area contributed by atoms with Crippen LogP contribution < -0.4 is 17.2 Å². The quantitative estimate of drug-likeness (QED) is 0.387. The van der Waals surface area contributed by atoms with Gasteiger partial charge in [0, 0.05) is 0 Å². The van der Waals surface area contributed by atoms with Crippen LogP contribution in [0.1, 0.15) is 19.3 Å². The molecule has 0 aromatic rings. The molecule has 0 radical (unpaired) electrons. The van der Waals surface area contributed by atoms with Crippen LogP contribution in [0.2, 0.25) is 0 Å². The van der Waals surface area contributed by atoms with E-state index in [0.717, 1.165) is 5.75 Å². The van der Waals surface area contributed by atoms with Gasteiger partial charge in [-0.2, -0.15) is 11.8 Å². The van der Waals surface area contributed by atoms with Crippen LogP contribution in [0.5, 0.6) is 0 Å². The summed E-state index contributed by atoms with van der Waals surface area (Å²) in [4.78, 5) is 22.7. The molecule has 0 bridgehead atoms. The Labute approximate surface area is 106 Å². The molecular formula is C10H21N3O3S. The zero-order valence-corrected chi connectivity index (χ0v) is 10.9. The minimum atomic E-state index is -0.810. The second-order valence-electron chi connectivity index (χ2n) is 3.67. The van der Waals surface area contributed by atoms with Gasteiger partial charge in [-0.05, 0) is 37.8 Å². The fourth-order valence-electron chi connectivity index (χ4n) is 1.07. The van der Waals surface area contributed by atoms with E-state index in [1.807, 2.05) is 6.26 Å². The van der Waals surface area contributed by atoms with E-state index in [1.54, 1.807) is 11.8 Å². The number of thioether (sulfide) groups is 1. The Morgan fingerprint density at radius 3 is 2.18 bits per heavy atom. The molecule has 0 rings (SSSR count). The predicted octanol–water partition coefficient (Wildman–Crippen LogP) is -0.797. The van der Waals surface area contributed by atoms with Crippen LogP contribution in [-0.2, 0) is 14.3 Å². The second kappa shape index (κ2) is 9.41. The van der Waals surface area contributed by atoms with Crippen LogP contribution in [0.4, 0.5) is 0 Å². The van der Waals surface area contributed by atoms with Gasteiger partial charge in [-0.15, -0.1) is 0 Å². The highest BCUT2D eigenvalue weighted by atomic mass is 32.2. The lowest BCUT2D eigenvalue weighted by molar-refractivity contribution is -0.161. The Balaban J connectivity index is 3.97. The number of hydrogen-bond donors (Lipinski definition) is 3. The molecule has 0 spiro atoms. The van der Waals surface area contributed by atoms with Crippen molar-refractivity contribution in [2.45, 2.75) is 31.3 Å². The molecule has 0 aliphatic rings. The third-order valence-corrected chi connectivity index (χ3v) is 2.80. The van der Waals surface area contributed by atoms with Gasteiger partial charge in [-0.25, -0.2) is 9.59 Å². The maximum absolute atomic E-state index is 11.4. The molecule has 6 N–H and O–H groups in total. The number of esters is 2. The summed E-state index contributed by atoms with van der Waals surface area (Å²) in [7, 11) is 0. The van der Waals surface area contributed by atoms with Crippen molar-refractivity contribution in [1.82, 2.24) is 0 Å². The summed E-state index contributed by atoms with van der Waals surface area (Å²) in [5.74, 6) is -0.709. The summed E-state index contributed by atoms with van der Waals surface area (Å²) >= 11 is 1.57. The third-order valence-electron chi connectivity index (χ3n) is 2.16. The molecule has 0 fully saturated rings. The van der Waals surface area contributed by atoms with Gasteiger partial charge < -0.3 is 21.9 Å². The third kappa shape index (κ3) is 7.32. The van der Waals surface area contributed by atoms with E-state index >= 15 is 0 Å². The van der Waals surface area contributed by atoms with Crippen molar-refractivity contribution in [3.63, 3.8) is 0 Å². The van der Waals surface area contributed by atoms with Crippen LogP contribution >= 0.6 is 11.8 Å². The smallest absolute Gasteiger partial charge is 0.330 e. The van der Waals surface area contributed by atoms with Gasteiger partial charge in [0.15, 0.2) is 0 Å². The van der Waals surface area contributed by atoms with E-state index in [0.29, 0.717) is 25.8 Å². The van der Waals surface area contributed by atoms with Crippen molar-refractivity contribution in [2.75, 3.05) is 18.6 Å². The first-order valence-electron chi connectivity index (χ1n) is 5.48. The molecule has 0 aromatic carbocycles. The number of ether oxygens (including phenoxy) is 1. The van der Waals surface area contributed by atoms with Crippen molar-refractivity contribution in [1.29, 1.82) is 0 Å². The summed E-state index contributed by atoms with van der Waals surface area (Å²) in [6, 6.07) is -1.58. The minimum Gasteiger partial charge on any atom is -0.391 e. The Kier molecular flexibility index (Phi) is 9.06. The Morgan fingerprint density at radius 1 is 1.18 bits per heavy atom. The molecule has 0 heterocycles. The zero-order valence-electron chi connectivity index (χ0n) is 10.1. The van der Waals surface area contributed by atoms with Crippen LogP contribution in [-0.4, -0.2) is 42.6 Å². The summed E-state index contributed by atoms with van der Waals surface area (Å²) in [5, 5.41) is 0. The van der Waals surface area contributed by atoms with Gasteiger partial charge in [-0.3, -0.25) is 0 Å². The summed E-state index contributed by atoms with van der Waals surface area (Å²) in [6.07, 6.45) is 3.41. The Bertz CT molecular complexity index is 227. The first-order valence-corrected chi connectivity index (χ1v) is 6.88. The van der Waals surface area contributed by atoms with Gasteiger partial charge in [0.25, 0.3) is 0 Å². The SMILES string of the molecule is CSCC[C@H](N)C(=O)OC(=O)[C@H](N)CCCN. The number of carbonyl (C=O) groups excluding carboxylic acids is 2. The molecule has 6 nitrogen and oxygen atoms in total. The molecule has 7 heteroatoms. The average molecular weight is 263 g/mol. The fraction of sp³-hybridized carbons (Fsp3) is 0.800. The van der Waals surface area contributed by atoms with E-state index in [-0.39, 0.29) is 0 Å². The number of carbonyl (C=O) groups is 2. The van der Waals surface area contributed by atoms with Gasteiger partial charge in [0.05, 0.1) is 0 Å². The van der Waals surface area contributed by atoms with Crippen molar-refractivity contribution < 1.29 is 14.3 Å². The van der Waals surface area contributed by atoms with Gasteiger partial charge in [0.1, 0.15) is 12.1 Å². The Morgan fingerprint density at radius 2 is 1.71 bits per heavy atom.